The quantitative estimate of drug-likeness (QED) is 0.645. The number of aliphatic hydroxyl groups excluding tert-OH is 1. The van der Waals surface area contributed by atoms with Gasteiger partial charge in [-0.3, -0.25) is 0 Å². The zero-order chi connectivity index (χ0) is 10.0. The van der Waals surface area contributed by atoms with Crippen molar-refractivity contribution in [2.24, 2.45) is 0 Å². The van der Waals surface area contributed by atoms with Gasteiger partial charge in [0.25, 0.3) is 0 Å². The number of rotatable bonds is 2. The van der Waals surface area contributed by atoms with Crippen LogP contribution in [0.1, 0.15) is 12.0 Å². The van der Waals surface area contributed by atoms with E-state index in [2.05, 4.69) is 5.32 Å². The first-order valence-electron chi connectivity index (χ1n) is 4.88. The van der Waals surface area contributed by atoms with Crippen molar-refractivity contribution in [1.29, 1.82) is 0 Å². The van der Waals surface area contributed by atoms with E-state index in [1.165, 1.54) is 0 Å². The van der Waals surface area contributed by atoms with Crippen LogP contribution in [-0.2, 0) is 5.41 Å². The monoisotopic (exact) mass is 193 g/mol. The van der Waals surface area contributed by atoms with Gasteiger partial charge in [-0.1, -0.05) is 18.2 Å². The van der Waals surface area contributed by atoms with Crippen LogP contribution in [0.2, 0.25) is 0 Å². The second-order valence-corrected chi connectivity index (χ2v) is 3.88. The summed E-state index contributed by atoms with van der Waals surface area (Å²) in [5.41, 5.74) is 0.568. The zero-order valence-corrected chi connectivity index (χ0v) is 8.03. The van der Waals surface area contributed by atoms with Gasteiger partial charge >= 0.3 is 0 Å². The van der Waals surface area contributed by atoms with Crippen LogP contribution in [0, 0.1) is 0 Å². The van der Waals surface area contributed by atoms with Gasteiger partial charge in [0.15, 0.2) is 0 Å². The molecule has 1 saturated heterocycles. The van der Waals surface area contributed by atoms with E-state index in [1.807, 2.05) is 12.1 Å². The number of para-hydroxylation sites is 1. The minimum atomic E-state index is -0.286. The highest BCUT2D eigenvalue weighted by Crippen LogP contribution is 2.35. The average Bonchev–Trinajstić information content (AvgIpc) is 2.68. The number of nitrogens with one attached hydrogen (secondary N) is 1. The Kier molecular flexibility index (Phi) is 2.44. The number of phenolic OH excluding ortho intramolecular Hbond substituents is 1. The van der Waals surface area contributed by atoms with E-state index in [-0.39, 0.29) is 17.8 Å². The van der Waals surface area contributed by atoms with Crippen LogP contribution in [0.25, 0.3) is 0 Å². The Morgan fingerprint density at radius 3 is 2.71 bits per heavy atom. The van der Waals surface area contributed by atoms with Crippen molar-refractivity contribution in [3.05, 3.63) is 29.8 Å². The predicted octanol–water partition coefficient (Wildman–Crippen LogP) is 0.616. The molecule has 2 rings (SSSR count). The fourth-order valence-electron chi connectivity index (χ4n) is 2.12. The van der Waals surface area contributed by atoms with Gasteiger partial charge in [-0.2, -0.15) is 0 Å². The molecule has 0 radical (unpaired) electrons. The third-order valence-corrected chi connectivity index (χ3v) is 3.02. The Bertz CT molecular complexity index is 319. The summed E-state index contributed by atoms with van der Waals surface area (Å²) >= 11 is 0. The standard InChI is InChI=1S/C11H15NO2/c13-8-11(5-6-12-7-11)9-3-1-2-4-10(9)14/h1-4,12-14H,5-8H2. The average molecular weight is 193 g/mol. The zero-order valence-electron chi connectivity index (χ0n) is 8.03. The van der Waals surface area contributed by atoms with Crippen LogP contribution in [0.4, 0.5) is 0 Å². The molecule has 0 saturated carbocycles. The van der Waals surface area contributed by atoms with Gasteiger partial charge in [-0.05, 0) is 19.0 Å². The molecule has 1 aliphatic heterocycles. The van der Waals surface area contributed by atoms with Gasteiger partial charge in [0.05, 0.1) is 6.61 Å². The molecular weight excluding hydrogens is 178 g/mol. The van der Waals surface area contributed by atoms with Crippen LogP contribution < -0.4 is 5.32 Å². The number of aromatic hydroxyl groups is 1. The normalized spacial score (nSPS) is 26.6. The van der Waals surface area contributed by atoms with Crippen LogP contribution in [0.5, 0.6) is 5.75 Å². The molecule has 3 N–H and O–H groups in total. The summed E-state index contributed by atoms with van der Waals surface area (Å²) in [7, 11) is 0. The maximum Gasteiger partial charge on any atom is 0.119 e. The van der Waals surface area contributed by atoms with Crippen molar-refractivity contribution in [2.45, 2.75) is 11.8 Å². The summed E-state index contributed by atoms with van der Waals surface area (Å²) in [4.78, 5) is 0. The summed E-state index contributed by atoms with van der Waals surface area (Å²) in [6.07, 6.45) is 0.876. The summed E-state index contributed by atoms with van der Waals surface area (Å²) in [6, 6.07) is 7.25. The van der Waals surface area contributed by atoms with Gasteiger partial charge in [-0.15, -0.1) is 0 Å². The number of phenols is 1. The van der Waals surface area contributed by atoms with Gasteiger partial charge in [-0.25, -0.2) is 0 Å². The molecule has 3 heteroatoms. The summed E-state index contributed by atoms with van der Waals surface area (Å²) < 4.78 is 0. The highest BCUT2D eigenvalue weighted by atomic mass is 16.3. The van der Waals surface area contributed by atoms with Crippen LogP contribution >= 0.6 is 0 Å². The number of aliphatic hydroxyl groups is 1. The van der Waals surface area contributed by atoms with Gasteiger partial charge in [0, 0.05) is 17.5 Å². The predicted molar refractivity (Wildman–Crippen MR) is 54.4 cm³/mol. The molecule has 14 heavy (non-hydrogen) atoms. The lowest BCUT2D eigenvalue weighted by Gasteiger charge is -2.26. The van der Waals surface area contributed by atoms with Crippen molar-refractivity contribution >= 4 is 0 Å². The smallest absolute Gasteiger partial charge is 0.119 e. The van der Waals surface area contributed by atoms with Gasteiger partial charge in [0.2, 0.25) is 0 Å². The van der Waals surface area contributed by atoms with Gasteiger partial charge in [0.1, 0.15) is 5.75 Å². The SMILES string of the molecule is OCC1(c2ccccc2O)CCNC1. The highest BCUT2D eigenvalue weighted by molar-refractivity contribution is 5.39. The van der Waals surface area contributed by atoms with Crippen LogP contribution in [0.3, 0.4) is 0 Å². The van der Waals surface area contributed by atoms with Crippen LogP contribution in [-0.4, -0.2) is 29.9 Å². The minimum absolute atomic E-state index is 0.0809. The fraction of sp³-hybridized carbons (Fsp3) is 0.455. The van der Waals surface area contributed by atoms with Crippen molar-refractivity contribution < 1.29 is 10.2 Å². The van der Waals surface area contributed by atoms with E-state index in [4.69, 9.17) is 0 Å². The summed E-state index contributed by atoms with van der Waals surface area (Å²) in [5, 5.41) is 22.4. The van der Waals surface area contributed by atoms with Crippen molar-refractivity contribution in [3.63, 3.8) is 0 Å². The molecule has 3 nitrogen and oxygen atoms in total. The van der Waals surface area contributed by atoms with E-state index in [0.717, 1.165) is 25.1 Å². The topological polar surface area (TPSA) is 52.5 Å². The lowest BCUT2D eigenvalue weighted by molar-refractivity contribution is 0.202. The maximum absolute atomic E-state index is 9.73. The molecule has 1 aromatic carbocycles. The Labute approximate surface area is 83.4 Å². The molecule has 1 aromatic rings. The molecule has 0 amide bonds. The summed E-state index contributed by atoms with van der Waals surface area (Å²) in [5.74, 6) is 0.283. The largest absolute Gasteiger partial charge is 0.508 e. The molecule has 1 aliphatic rings. The molecule has 1 fully saturated rings. The Morgan fingerprint density at radius 1 is 1.36 bits per heavy atom. The number of hydrogen-bond donors (Lipinski definition) is 3. The second-order valence-electron chi connectivity index (χ2n) is 3.88. The molecule has 1 unspecified atom stereocenters. The Hall–Kier alpha value is -1.06. The van der Waals surface area contributed by atoms with E-state index in [0.29, 0.717) is 0 Å². The lowest BCUT2D eigenvalue weighted by atomic mass is 9.80. The first-order valence-corrected chi connectivity index (χ1v) is 4.88. The third kappa shape index (κ3) is 1.38. The van der Waals surface area contributed by atoms with Crippen molar-refractivity contribution in [3.8, 4) is 5.75 Å². The van der Waals surface area contributed by atoms with E-state index >= 15 is 0 Å². The Morgan fingerprint density at radius 2 is 2.14 bits per heavy atom. The summed E-state index contributed by atoms with van der Waals surface area (Å²) in [6.45, 7) is 1.72. The van der Waals surface area contributed by atoms with Crippen molar-refractivity contribution in [1.82, 2.24) is 5.32 Å². The number of hydrogen-bond acceptors (Lipinski definition) is 3. The molecule has 0 spiro atoms. The van der Waals surface area contributed by atoms with Crippen molar-refractivity contribution in [2.75, 3.05) is 19.7 Å². The maximum atomic E-state index is 9.73. The molecule has 76 valence electrons. The molecule has 1 atom stereocenters. The minimum Gasteiger partial charge on any atom is -0.508 e. The van der Waals surface area contributed by atoms with Crippen LogP contribution in [0.15, 0.2) is 24.3 Å². The van der Waals surface area contributed by atoms with E-state index in [1.54, 1.807) is 12.1 Å². The first kappa shape index (κ1) is 9.49. The first-order chi connectivity index (χ1) is 6.78. The molecule has 0 bridgehead atoms. The molecule has 0 aliphatic carbocycles. The third-order valence-electron chi connectivity index (χ3n) is 3.02. The highest BCUT2D eigenvalue weighted by Gasteiger charge is 2.36. The molecule has 0 aromatic heterocycles. The van der Waals surface area contributed by atoms with E-state index < -0.39 is 0 Å². The van der Waals surface area contributed by atoms with Gasteiger partial charge < -0.3 is 15.5 Å². The second kappa shape index (κ2) is 3.59. The number of benzene rings is 1. The molecule has 1 heterocycles. The Balaban J connectivity index is 2.41. The van der Waals surface area contributed by atoms with E-state index in [9.17, 15) is 10.2 Å². The molecular formula is C11H15NO2. The fourth-order valence-corrected chi connectivity index (χ4v) is 2.12. The lowest BCUT2D eigenvalue weighted by Crippen LogP contribution is -2.33.